The predicted octanol–water partition coefficient (Wildman–Crippen LogP) is 5.80. The van der Waals surface area contributed by atoms with Crippen LogP contribution >= 0.6 is 0 Å². The van der Waals surface area contributed by atoms with E-state index >= 15 is 0 Å². The van der Waals surface area contributed by atoms with E-state index in [9.17, 15) is 29.4 Å². The molecule has 0 saturated carbocycles. The molecule has 3 rings (SSSR count). The van der Waals surface area contributed by atoms with Crippen LogP contribution in [0.3, 0.4) is 0 Å². The molecule has 0 aromatic heterocycles. The SMILES string of the molecule is COc1cc(C[C@@H]2C(=O)N[C@@H](C(C)C)CC(=O)O[C@@H]([C@H](O)c3ccccc3)/C=C/C=C(\C)C(OC)CCC/C=C(\C)C(=O)C(C)C(=O)N2C)ccc1O. The third-order valence-corrected chi connectivity index (χ3v) is 9.76. The zero-order chi connectivity index (χ0) is 39.2. The van der Waals surface area contributed by atoms with E-state index in [4.69, 9.17) is 14.2 Å². The van der Waals surface area contributed by atoms with Crippen molar-refractivity contribution in [1.29, 1.82) is 0 Å². The highest BCUT2D eigenvalue weighted by molar-refractivity contribution is 6.09. The Hall–Kier alpha value is -4.74. The van der Waals surface area contributed by atoms with Crippen LogP contribution in [0, 0.1) is 11.8 Å². The number of phenols is 1. The van der Waals surface area contributed by atoms with Crippen molar-refractivity contribution in [3.63, 3.8) is 0 Å². The number of ether oxygens (including phenoxy) is 3. The van der Waals surface area contributed by atoms with Crippen LogP contribution in [0.1, 0.15) is 77.5 Å². The van der Waals surface area contributed by atoms with Gasteiger partial charge in [0.15, 0.2) is 23.4 Å². The highest BCUT2D eigenvalue weighted by Gasteiger charge is 2.35. The summed E-state index contributed by atoms with van der Waals surface area (Å²) >= 11 is 0. The van der Waals surface area contributed by atoms with Gasteiger partial charge in [0.05, 0.1) is 25.6 Å². The number of carbonyl (C=O) groups excluding carboxylic acids is 4. The van der Waals surface area contributed by atoms with Crippen molar-refractivity contribution in [3.8, 4) is 11.5 Å². The van der Waals surface area contributed by atoms with Crippen molar-refractivity contribution in [2.45, 2.75) is 97.1 Å². The van der Waals surface area contributed by atoms with Gasteiger partial charge in [0.2, 0.25) is 11.8 Å². The maximum atomic E-state index is 14.2. The Balaban J connectivity index is 2.05. The fraction of sp³-hybridized carbons (Fsp3) is 0.476. The van der Waals surface area contributed by atoms with Crippen LogP contribution in [0.25, 0.3) is 0 Å². The largest absolute Gasteiger partial charge is 0.504 e. The molecule has 0 radical (unpaired) electrons. The van der Waals surface area contributed by atoms with Gasteiger partial charge < -0.3 is 34.6 Å². The molecular weight excluding hydrogens is 676 g/mol. The van der Waals surface area contributed by atoms with E-state index in [-0.39, 0.29) is 42.1 Å². The maximum absolute atomic E-state index is 14.2. The minimum absolute atomic E-state index is 0.0272. The summed E-state index contributed by atoms with van der Waals surface area (Å²) in [7, 11) is 4.52. The van der Waals surface area contributed by atoms with Gasteiger partial charge in [-0.1, -0.05) is 68.5 Å². The second-order valence-electron chi connectivity index (χ2n) is 14.0. The third kappa shape index (κ3) is 12.2. The maximum Gasteiger partial charge on any atom is 0.308 e. The van der Waals surface area contributed by atoms with Crippen molar-refractivity contribution in [3.05, 3.63) is 95.1 Å². The number of nitrogens with zero attached hydrogens (tertiary/aromatic N) is 1. The Morgan fingerprint density at radius 2 is 1.74 bits per heavy atom. The first kappa shape index (κ1) is 42.7. The molecule has 1 aliphatic rings. The highest BCUT2D eigenvalue weighted by atomic mass is 16.6. The smallest absolute Gasteiger partial charge is 0.308 e. The zero-order valence-corrected chi connectivity index (χ0v) is 32.2. The van der Waals surface area contributed by atoms with E-state index in [0.717, 1.165) is 5.57 Å². The molecule has 0 spiro atoms. The zero-order valence-electron chi connectivity index (χ0n) is 32.2. The number of ketones is 1. The molecule has 1 aliphatic heterocycles. The van der Waals surface area contributed by atoms with E-state index in [0.29, 0.717) is 36.0 Å². The minimum atomic E-state index is -1.16. The molecule has 1 heterocycles. The summed E-state index contributed by atoms with van der Waals surface area (Å²) in [6.07, 6.45) is 6.41. The number of rotatable bonds is 7. The Morgan fingerprint density at radius 1 is 1.04 bits per heavy atom. The Morgan fingerprint density at radius 3 is 2.38 bits per heavy atom. The lowest BCUT2D eigenvalue weighted by molar-refractivity contribution is -0.153. The molecule has 288 valence electrons. The fourth-order valence-electron chi connectivity index (χ4n) is 6.23. The number of methoxy groups -OCH3 is 2. The first-order valence-electron chi connectivity index (χ1n) is 18.1. The summed E-state index contributed by atoms with van der Waals surface area (Å²) in [6.45, 7) is 8.85. The number of hydrogen-bond donors (Lipinski definition) is 3. The molecule has 0 saturated heterocycles. The van der Waals surface area contributed by atoms with Crippen LogP contribution in [-0.2, 0) is 35.1 Å². The molecule has 11 nitrogen and oxygen atoms in total. The number of carbonyl (C=O) groups is 4. The number of hydrogen-bond acceptors (Lipinski definition) is 9. The third-order valence-electron chi connectivity index (χ3n) is 9.76. The standard InChI is InChI=1S/C42H56N2O9/c1-26(2)32-25-38(46)53-36(40(48)31-17-10-9-11-18-31)20-14-16-27(3)35(51-7)19-13-12-15-28(4)39(47)29(5)42(50)44(6)33(41(49)43-32)23-30-21-22-34(45)37(24-30)52-8/h9-11,14-18,20-22,24,26,29,32-33,35-36,40,45,48H,12-13,19,23,25H2,1-8H3,(H,43,49)/b20-14+,27-16+,28-15+/t29?,32-,33-,35?,36-,40-/m1/s1. The fourth-order valence-corrected chi connectivity index (χ4v) is 6.23. The van der Waals surface area contributed by atoms with E-state index in [2.05, 4.69) is 5.32 Å². The molecular formula is C42H56N2O9. The van der Waals surface area contributed by atoms with E-state index in [1.54, 1.807) is 62.6 Å². The van der Waals surface area contributed by atoms with Gasteiger partial charge in [-0.2, -0.15) is 0 Å². The highest BCUT2D eigenvalue weighted by Crippen LogP contribution is 2.28. The predicted molar refractivity (Wildman–Crippen MR) is 203 cm³/mol. The minimum Gasteiger partial charge on any atom is -0.504 e. The first-order valence-corrected chi connectivity index (χ1v) is 18.1. The number of benzene rings is 2. The van der Waals surface area contributed by atoms with Crippen LogP contribution in [-0.4, -0.2) is 84.2 Å². The number of Topliss-reactive ketones (excluding diaryl/α,β-unsaturated/α-hetero) is 1. The summed E-state index contributed by atoms with van der Waals surface area (Å²) < 4.78 is 16.9. The molecule has 53 heavy (non-hydrogen) atoms. The van der Waals surface area contributed by atoms with Crippen LogP contribution in [0.5, 0.6) is 11.5 Å². The van der Waals surface area contributed by atoms with Crippen LogP contribution in [0.4, 0.5) is 0 Å². The van der Waals surface area contributed by atoms with Gasteiger partial charge in [-0.05, 0) is 86.4 Å². The number of esters is 1. The first-order chi connectivity index (χ1) is 25.2. The van der Waals surface area contributed by atoms with Gasteiger partial charge >= 0.3 is 5.97 Å². The summed E-state index contributed by atoms with van der Waals surface area (Å²) in [4.78, 5) is 56.3. The van der Waals surface area contributed by atoms with Crippen molar-refractivity contribution in [1.82, 2.24) is 10.2 Å². The van der Waals surface area contributed by atoms with Gasteiger partial charge in [-0.3, -0.25) is 19.2 Å². The number of likely N-dealkylation sites (N-methyl/N-ethyl adjacent to an activating group) is 1. The Bertz CT molecular complexity index is 1650. The van der Waals surface area contributed by atoms with E-state index in [1.807, 2.05) is 39.0 Å². The second kappa shape index (κ2) is 20.5. The Labute approximate surface area is 313 Å². The average molecular weight is 733 g/mol. The van der Waals surface area contributed by atoms with E-state index < -0.39 is 48.0 Å². The number of cyclic esters (lactones) is 1. The number of nitrogens with one attached hydrogen (secondary N) is 1. The second-order valence-corrected chi connectivity index (χ2v) is 14.0. The summed E-state index contributed by atoms with van der Waals surface area (Å²) in [6, 6.07) is 11.8. The number of phenolic OH excluding ortho intramolecular Hbond substituents is 1. The summed E-state index contributed by atoms with van der Waals surface area (Å²) in [5.41, 5.74) is 2.54. The van der Waals surface area contributed by atoms with Crippen LogP contribution in [0.15, 0.2) is 84.0 Å². The quantitative estimate of drug-likeness (QED) is 0.237. The van der Waals surface area contributed by atoms with Crippen molar-refractivity contribution >= 4 is 23.6 Å². The van der Waals surface area contributed by atoms with Gasteiger partial charge in [0.1, 0.15) is 12.1 Å². The number of aromatic hydroxyl groups is 1. The van der Waals surface area contributed by atoms with Gasteiger partial charge in [0.25, 0.3) is 0 Å². The van der Waals surface area contributed by atoms with E-state index in [1.165, 1.54) is 32.0 Å². The monoisotopic (exact) mass is 732 g/mol. The van der Waals surface area contributed by atoms with Crippen molar-refractivity contribution in [2.75, 3.05) is 21.3 Å². The van der Waals surface area contributed by atoms with Gasteiger partial charge in [0, 0.05) is 26.6 Å². The molecule has 11 heteroatoms. The molecule has 0 bridgehead atoms. The number of allylic oxidation sites excluding steroid dienone is 4. The topological polar surface area (TPSA) is 152 Å². The lowest BCUT2D eigenvalue weighted by atomic mass is 9.95. The molecule has 6 atom stereocenters. The lowest BCUT2D eigenvalue weighted by Crippen LogP contribution is -2.54. The molecule has 2 amide bonds. The normalized spacial score (nSPS) is 26.5. The average Bonchev–Trinajstić information content (AvgIpc) is 3.15. The number of aliphatic hydroxyl groups excluding tert-OH is 1. The number of aliphatic hydroxyl groups is 1. The molecule has 0 aliphatic carbocycles. The molecule has 2 aromatic rings. The van der Waals surface area contributed by atoms with Gasteiger partial charge in [-0.15, -0.1) is 0 Å². The summed E-state index contributed by atoms with van der Waals surface area (Å²) in [5.74, 6) is -3.24. The lowest BCUT2D eigenvalue weighted by Gasteiger charge is -2.32. The molecule has 2 aromatic carbocycles. The number of amides is 2. The molecule has 3 N–H and O–H groups in total. The Kier molecular flexibility index (Phi) is 16.5. The van der Waals surface area contributed by atoms with Crippen LogP contribution < -0.4 is 10.1 Å². The van der Waals surface area contributed by atoms with Gasteiger partial charge in [-0.25, -0.2) is 0 Å². The molecule has 0 fully saturated rings. The van der Waals surface area contributed by atoms with Crippen molar-refractivity contribution in [2.24, 2.45) is 11.8 Å². The molecule has 2 unspecified atom stereocenters. The van der Waals surface area contributed by atoms with Crippen molar-refractivity contribution < 1.29 is 43.6 Å². The van der Waals surface area contributed by atoms with Crippen LogP contribution in [0.2, 0.25) is 0 Å². The summed E-state index contributed by atoms with van der Waals surface area (Å²) in [5, 5.41) is 24.4.